The van der Waals surface area contributed by atoms with Crippen molar-refractivity contribution in [3.63, 3.8) is 0 Å². The van der Waals surface area contributed by atoms with E-state index in [0.717, 1.165) is 12.8 Å². The van der Waals surface area contributed by atoms with Crippen LogP contribution in [-0.4, -0.2) is 21.6 Å². The van der Waals surface area contributed by atoms with Crippen LogP contribution < -0.4 is 11.1 Å². The fourth-order valence-electron chi connectivity index (χ4n) is 1.67. The summed E-state index contributed by atoms with van der Waals surface area (Å²) in [6, 6.07) is -0.900. The molecule has 0 radical (unpaired) electrons. The molecule has 0 aromatic rings. The van der Waals surface area contributed by atoms with E-state index in [-0.39, 0.29) is 5.92 Å². The summed E-state index contributed by atoms with van der Waals surface area (Å²) >= 11 is 0. The van der Waals surface area contributed by atoms with Gasteiger partial charge in [-0.1, -0.05) is 33.1 Å². The molecule has 0 spiro atoms. The number of carbonyl (C=O) groups excluding carboxylic acids is 1. The van der Waals surface area contributed by atoms with E-state index in [0.29, 0.717) is 12.8 Å². The molecule has 0 rings (SSSR count). The Hall–Kier alpha value is -0.580. The number of amides is 2. The monoisotopic (exact) mass is 252 g/mol. The van der Waals surface area contributed by atoms with Gasteiger partial charge in [-0.05, 0) is 12.3 Å². The number of rotatable bonds is 7. The zero-order chi connectivity index (χ0) is 12.8. The molecular formula is C9H21N2O4P. The predicted octanol–water partition coefficient (Wildman–Crippen LogP) is 1.37. The zero-order valence-corrected chi connectivity index (χ0v) is 10.6. The van der Waals surface area contributed by atoms with E-state index in [4.69, 9.17) is 15.5 Å². The molecule has 0 aliphatic heterocycles. The van der Waals surface area contributed by atoms with Crippen molar-refractivity contribution >= 4 is 13.6 Å². The van der Waals surface area contributed by atoms with E-state index >= 15 is 0 Å². The second kappa shape index (κ2) is 6.89. The molecule has 2 unspecified atom stereocenters. The van der Waals surface area contributed by atoms with Gasteiger partial charge < -0.3 is 20.8 Å². The van der Waals surface area contributed by atoms with Crippen molar-refractivity contribution < 1.29 is 19.1 Å². The largest absolute Gasteiger partial charge is 0.352 e. The van der Waals surface area contributed by atoms with Crippen LogP contribution in [0.25, 0.3) is 0 Å². The first-order valence-corrected chi connectivity index (χ1v) is 7.12. The summed E-state index contributed by atoms with van der Waals surface area (Å²) in [4.78, 5) is 29.1. The van der Waals surface area contributed by atoms with Crippen molar-refractivity contribution in [2.24, 2.45) is 11.7 Å². The lowest BCUT2D eigenvalue weighted by atomic mass is 9.99. The van der Waals surface area contributed by atoms with Crippen LogP contribution in [0.5, 0.6) is 0 Å². The van der Waals surface area contributed by atoms with Gasteiger partial charge in [0.15, 0.2) is 0 Å². The molecule has 2 atom stereocenters. The Morgan fingerprint density at radius 1 is 1.44 bits per heavy atom. The Bertz CT molecular complexity index is 266. The molecule has 2 amide bonds. The minimum atomic E-state index is -4.35. The molecule has 0 fully saturated rings. The standard InChI is InChI=1S/C9H21N2O4P/c1-3-5-6-7(4-2)8(11-9(10)12)16(13,14)15/h7-8H,3-6H2,1-2H3,(H3,10,11,12)(H2,13,14,15). The highest BCUT2D eigenvalue weighted by Crippen LogP contribution is 2.45. The van der Waals surface area contributed by atoms with Gasteiger partial charge in [-0.3, -0.25) is 4.57 Å². The molecule has 0 saturated carbocycles. The van der Waals surface area contributed by atoms with Gasteiger partial charge in [-0.25, -0.2) is 4.79 Å². The molecule has 6 nitrogen and oxygen atoms in total. The summed E-state index contributed by atoms with van der Waals surface area (Å²) in [6.07, 6.45) is 3.08. The van der Waals surface area contributed by atoms with Gasteiger partial charge in [0.1, 0.15) is 5.78 Å². The lowest BCUT2D eigenvalue weighted by molar-refractivity contribution is 0.237. The van der Waals surface area contributed by atoms with Crippen molar-refractivity contribution in [1.29, 1.82) is 0 Å². The van der Waals surface area contributed by atoms with Gasteiger partial charge in [0.25, 0.3) is 0 Å². The van der Waals surface area contributed by atoms with Crippen molar-refractivity contribution in [3.8, 4) is 0 Å². The molecule has 96 valence electrons. The van der Waals surface area contributed by atoms with Crippen LogP contribution in [0.3, 0.4) is 0 Å². The molecule has 0 saturated heterocycles. The maximum Gasteiger partial charge on any atom is 0.347 e. The molecule has 5 N–H and O–H groups in total. The molecule has 0 bridgehead atoms. The van der Waals surface area contributed by atoms with Crippen molar-refractivity contribution in [2.45, 2.75) is 45.3 Å². The van der Waals surface area contributed by atoms with E-state index in [1.807, 2.05) is 13.8 Å². The van der Waals surface area contributed by atoms with Crippen LogP contribution in [0, 0.1) is 5.92 Å². The fourth-order valence-corrected chi connectivity index (χ4v) is 2.88. The second-order valence-electron chi connectivity index (χ2n) is 3.85. The zero-order valence-electron chi connectivity index (χ0n) is 9.72. The van der Waals surface area contributed by atoms with Crippen molar-refractivity contribution in [3.05, 3.63) is 0 Å². The first kappa shape index (κ1) is 15.4. The number of nitrogens with one attached hydrogen (secondary N) is 1. The molecule has 0 aliphatic carbocycles. The lowest BCUT2D eigenvalue weighted by Gasteiger charge is -2.27. The van der Waals surface area contributed by atoms with Gasteiger partial charge in [0.05, 0.1) is 0 Å². The summed E-state index contributed by atoms with van der Waals surface area (Å²) < 4.78 is 11.3. The molecular weight excluding hydrogens is 231 g/mol. The third-order valence-electron chi connectivity index (χ3n) is 2.55. The number of primary amides is 1. The van der Waals surface area contributed by atoms with Crippen LogP contribution in [0.4, 0.5) is 4.79 Å². The first-order valence-electron chi connectivity index (χ1n) is 5.44. The average Bonchev–Trinajstić information content (AvgIpc) is 2.15. The topological polar surface area (TPSA) is 113 Å². The van der Waals surface area contributed by atoms with Gasteiger partial charge in [0.2, 0.25) is 0 Å². The molecule has 0 aromatic heterocycles. The fraction of sp³-hybridized carbons (Fsp3) is 0.889. The summed E-state index contributed by atoms with van der Waals surface area (Å²) in [5, 5.41) is 2.16. The second-order valence-corrected chi connectivity index (χ2v) is 5.59. The number of hydrogen-bond acceptors (Lipinski definition) is 2. The quantitative estimate of drug-likeness (QED) is 0.512. The Kier molecular flexibility index (Phi) is 6.64. The van der Waals surface area contributed by atoms with Crippen LogP contribution in [-0.2, 0) is 4.57 Å². The Morgan fingerprint density at radius 3 is 2.31 bits per heavy atom. The highest BCUT2D eigenvalue weighted by molar-refractivity contribution is 7.52. The highest BCUT2D eigenvalue weighted by atomic mass is 31.2. The van der Waals surface area contributed by atoms with Crippen molar-refractivity contribution in [1.82, 2.24) is 5.32 Å². The molecule has 16 heavy (non-hydrogen) atoms. The highest BCUT2D eigenvalue weighted by Gasteiger charge is 2.35. The van der Waals surface area contributed by atoms with Crippen molar-refractivity contribution in [2.75, 3.05) is 0 Å². The molecule has 0 heterocycles. The number of hydrogen-bond donors (Lipinski definition) is 4. The Balaban J connectivity index is 4.69. The van der Waals surface area contributed by atoms with Crippen LogP contribution in [0.2, 0.25) is 0 Å². The SMILES string of the molecule is CCCCC(CC)C(NC(N)=O)P(=O)(O)O. The summed E-state index contributed by atoms with van der Waals surface area (Å²) in [6.45, 7) is 3.84. The first-order chi connectivity index (χ1) is 7.32. The van der Waals surface area contributed by atoms with E-state index in [1.54, 1.807) is 0 Å². The summed E-state index contributed by atoms with van der Waals surface area (Å²) in [5.74, 6) is -1.41. The van der Waals surface area contributed by atoms with E-state index < -0.39 is 19.4 Å². The minimum absolute atomic E-state index is 0.242. The van der Waals surface area contributed by atoms with Gasteiger partial charge in [-0.2, -0.15) is 0 Å². The average molecular weight is 252 g/mol. The third-order valence-corrected chi connectivity index (χ3v) is 3.83. The van der Waals surface area contributed by atoms with E-state index in [9.17, 15) is 9.36 Å². The summed E-state index contributed by atoms with van der Waals surface area (Å²) in [5.41, 5.74) is 4.92. The molecule has 0 aliphatic rings. The Labute approximate surface area is 95.8 Å². The molecule has 7 heteroatoms. The van der Waals surface area contributed by atoms with Gasteiger partial charge in [-0.15, -0.1) is 0 Å². The van der Waals surface area contributed by atoms with E-state index in [1.165, 1.54) is 0 Å². The van der Waals surface area contributed by atoms with E-state index in [2.05, 4.69) is 5.32 Å². The minimum Gasteiger partial charge on any atom is -0.352 e. The maximum atomic E-state index is 11.3. The summed E-state index contributed by atoms with van der Waals surface area (Å²) in [7, 11) is -4.35. The number of unbranched alkanes of at least 4 members (excludes halogenated alkanes) is 1. The third kappa shape index (κ3) is 5.49. The van der Waals surface area contributed by atoms with Gasteiger partial charge >= 0.3 is 13.6 Å². The van der Waals surface area contributed by atoms with Crippen LogP contribution >= 0.6 is 7.60 Å². The smallest absolute Gasteiger partial charge is 0.347 e. The van der Waals surface area contributed by atoms with Crippen LogP contribution in [0.1, 0.15) is 39.5 Å². The number of carbonyl (C=O) groups is 1. The predicted molar refractivity (Wildman–Crippen MR) is 61.9 cm³/mol. The number of nitrogens with two attached hydrogens (primary N) is 1. The Morgan fingerprint density at radius 2 is 2.00 bits per heavy atom. The lowest BCUT2D eigenvalue weighted by Crippen LogP contribution is -2.42. The molecule has 0 aromatic carbocycles. The number of urea groups is 1. The maximum absolute atomic E-state index is 11.3. The normalized spacial score (nSPS) is 15.5. The van der Waals surface area contributed by atoms with Gasteiger partial charge in [0, 0.05) is 0 Å². The van der Waals surface area contributed by atoms with Crippen LogP contribution in [0.15, 0.2) is 0 Å².